The number of fused-ring (bicyclic) bond motifs is 3. The molecule has 0 bridgehead atoms. The van der Waals surface area contributed by atoms with Gasteiger partial charge >= 0.3 is 11.9 Å². The van der Waals surface area contributed by atoms with E-state index in [2.05, 4.69) is 6.58 Å². The summed E-state index contributed by atoms with van der Waals surface area (Å²) in [5.41, 5.74) is 1.00. The van der Waals surface area contributed by atoms with E-state index >= 15 is 0 Å². The number of allylic oxidation sites excluding steroid dienone is 2. The van der Waals surface area contributed by atoms with Crippen LogP contribution in [0.3, 0.4) is 0 Å². The van der Waals surface area contributed by atoms with Crippen LogP contribution in [0.1, 0.15) is 40.5 Å². The second kappa shape index (κ2) is 6.67. The average molecular weight is 362 g/mol. The van der Waals surface area contributed by atoms with Crippen LogP contribution in [0.4, 0.5) is 0 Å². The van der Waals surface area contributed by atoms with Gasteiger partial charge in [0.15, 0.2) is 0 Å². The van der Waals surface area contributed by atoms with Gasteiger partial charge in [-0.15, -0.1) is 0 Å². The molecule has 0 amide bonds. The van der Waals surface area contributed by atoms with Gasteiger partial charge in [0.25, 0.3) is 0 Å². The number of epoxide rings is 1. The lowest BCUT2D eigenvalue weighted by Crippen LogP contribution is -2.44. The van der Waals surface area contributed by atoms with Crippen molar-refractivity contribution in [1.82, 2.24) is 0 Å². The van der Waals surface area contributed by atoms with Crippen LogP contribution < -0.4 is 0 Å². The molecule has 142 valence electrons. The Bertz CT molecular complexity index is 705. The van der Waals surface area contributed by atoms with Crippen molar-refractivity contribution in [3.63, 3.8) is 0 Å². The molecule has 6 heteroatoms. The predicted molar refractivity (Wildman–Crippen MR) is 94.1 cm³/mol. The smallest absolute Gasteiger partial charge is 0.334 e. The number of rotatable bonds is 2. The van der Waals surface area contributed by atoms with Gasteiger partial charge in [0.05, 0.1) is 11.5 Å². The first-order valence-corrected chi connectivity index (χ1v) is 8.96. The molecule has 6 nitrogen and oxygen atoms in total. The highest BCUT2D eigenvalue weighted by molar-refractivity contribution is 5.91. The number of hydrogen-bond acceptors (Lipinski definition) is 6. The Morgan fingerprint density at radius 3 is 2.85 bits per heavy atom. The predicted octanol–water partition coefficient (Wildman–Crippen LogP) is 2.22. The zero-order valence-electron chi connectivity index (χ0n) is 15.7. The lowest BCUT2D eigenvalue weighted by Gasteiger charge is -2.31. The van der Waals surface area contributed by atoms with Crippen LogP contribution in [0.5, 0.6) is 0 Å². The lowest BCUT2D eigenvalue weighted by molar-refractivity contribution is -0.151. The SMILES string of the molecule is C=C1C(=O)O[C@@H]2[C@H]1[C@@H](O)[C@H](OC(=O)/C(C)=C\C)/C(C)=C/CC[C@]1(C)O[C@H]21. The third-order valence-corrected chi connectivity index (χ3v) is 5.72. The molecule has 0 spiro atoms. The standard InChI is InChI=1S/C20H26O6/c1-6-10(2)18(22)24-15-11(3)8-7-9-20(5)17(26-20)16-13(14(15)21)12(4)19(23)25-16/h6,8,13-17,21H,4,7,9H2,1-3,5H3/b10-6-,11-8+/t13-,14-,15-,16-,17-,20+/m1/s1. The molecule has 0 aromatic rings. The number of aliphatic hydroxyl groups is 1. The highest BCUT2D eigenvalue weighted by Crippen LogP contribution is 2.50. The van der Waals surface area contributed by atoms with Gasteiger partial charge in [-0.25, -0.2) is 9.59 Å². The number of carbonyl (C=O) groups is 2. The molecular formula is C20H26O6. The second-order valence-corrected chi connectivity index (χ2v) is 7.55. The number of esters is 2. The van der Waals surface area contributed by atoms with Gasteiger partial charge in [0.2, 0.25) is 0 Å². The van der Waals surface area contributed by atoms with E-state index in [4.69, 9.17) is 14.2 Å². The minimum Gasteiger partial charge on any atom is -0.455 e. The monoisotopic (exact) mass is 362 g/mol. The van der Waals surface area contributed by atoms with Crippen LogP contribution in [-0.2, 0) is 23.8 Å². The summed E-state index contributed by atoms with van der Waals surface area (Å²) in [5, 5.41) is 11.1. The number of carbonyl (C=O) groups excluding carboxylic acids is 2. The Morgan fingerprint density at radius 1 is 1.50 bits per heavy atom. The van der Waals surface area contributed by atoms with Gasteiger partial charge in [-0.1, -0.05) is 18.7 Å². The molecule has 2 aliphatic heterocycles. The first-order chi connectivity index (χ1) is 12.2. The minimum atomic E-state index is -1.14. The van der Waals surface area contributed by atoms with E-state index in [9.17, 15) is 14.7 Å². The van der Waals surface area contributed by atoms with Crippen molar-refractivity contribution in [2.75, 3.05) is 0 Å². The molecule has 26 heavy (non-hydrogen) atoms. The normalized spacial score (nSPS) is 42.1. The Hall–Kier alpha value is -1.92. The van der Waals surface area contributed by atoms with E-state index in [-0.39, 0.29) is 17.3 Å². The van der Waals surface area contributed by atoms with Crippen LogP contribution in [-0.4, -0.2) is 47.1 Å². The summed E-state index contributed by atoms with van der Waals surface area (Å²) in [5.74, 6) is -1.71. The largest absolute Gasteiger partial charge is 0.455 e. The van der Waals surface area contributed by atoms with Crippen molar-refractivity contribution in [3.8, 4) is 0 Å². The molecule has 1 N–H and O–H groups in total. The molecule has 0 radical (unpaired) electrons. The first-order valence-electron chi connectivity index (χ1n) is 8.96. The van der Waals surface area contributed by atoms with Crippen molar-refractivity contribution in [1.29, 1.82) is 0 Å². The van der Waals surface area contributed by atoms with Gasteiger partial charge < -0.3 is 19.3 Å². The number of aliphatic hydroxyl groups excluding tert-OH is 1. The maximum atomic E-state index is 12.3. The maximum absolute atomic E-state index is 12.3. The summed E-state index contributed by atoms with van der Waals surface area (Å²) in [4.78, 5) is 24.4. The lowest BCUT2D eigenvalue weighted by atomic mass is 9.81. The molecule has 6 atom stereocenters. The van der Waals surface area contributed by atoms with Crippen molar-refractivity contribution in [2.45, 2.75) is 70.6 Å². The van der Waals surface area contributed by atoms with Crippen LogP contribution in [0.15, 0.2) is 35.5 Å². The van der Waals surface area contributed by atoms with Gasteiger partial charge in [-0.2, -0.15) is 0 Å². The maximum Gasteiger partial charge on any atom is 0.334 e. The molecule has 0 saturated carbocycles. The van der Waals surface area contributed by atoms with Crippen molar-refractivity contribution >= 4 is 11.9 Å². The first kappa shape index (κ1) is 18.9. The zero-order valence-corrected chi connectivity index (χ0v) is 15.7. The van der Waals surface area contributed by atoms with Gasteiger partial charge in [-0.05, 0) is 46.1 Å². The molecule has 0 aromatic carbocycles. The number of ether oxygens (including phenoxy) is 3. The molecule has 2 heterocycles. The van der Waals surface area contributed by atoms with Crippen molar-refractivity contribution in [3.05, 3.63) is 35.5 Å². The highest BCUT2D eigenvalue weighted by atomic mass is 16.6. The second-order valence-electron chi connectivity index (χ2n) is 7.55. The van der Waals surface area contributed by atoms with Crippen molar-refractivity contribution < 1.29 is 28.9 Å². The summed E-state index contributed by atoms with van der Waals surface area (Å²) in [6.07, 6.45) is 2.16. The average Bonchev–Trinajstić information content (AvgIpc) is 3.18. The Labute approximate surface area is 153 Å². The van der Waals surface area contributed by atoms with Crippen LogP contribution in [0.2, 0.25) is 0 Å². The van der Waals surface area contributed by atoms with Crippen LogP contribution in [0.25, 0.3) is 0 Å². The quantitative estimate of drug-likeness (QED) is 0.351. The van der Waals surface area contributed by atoms with Gasteiger partial charge in [0.1, 0.15) is 24.4 Å². The minimum absolute atomic E-state index is 0.192. The fourth-order valence-electron chi connectivity index (χ4n) is 3.78. The van der Waals surface area contributed by atoms with E-state index in [1.807, 2.05) is 19.9 Å². The van der Waals surface area contributed by atoms with Crippen LogP contribution in [0, 0.1) is 5.92 Å². The van der Waals surface area contributed by atoms with E-state index < -0.39 is 36.2 Å². The van der Waals surface area contributed by atoms with Gasteiger partial charge in [-0.3, -0.25) is 0 Å². The number of hydrogen-bond donors (Lipinski definition) is 1. The third-order valence-electron chi connectivity index (χ3n) is 5.72. The van der Waals surface area contributed by atoms with Crippen molar-refractivity contribution in [2.24, 2.45) is 5.92 Å². The zero-order chi connectivity index (χ0) is 19.2. The molecule has 2 saturated heterocycles. The fraction of sp³-hybridized carbons (Fsp3) is 0.600. The summed E-state index contributed by atoms with van der Waals surface area (Å²) in [6.45, 7) is 11.0. The molecule has 3 aliphatic rings. The summed E-state index contributed by atoms with van der Waals surface area (Å²) >= 11 is 0. The molecule has 1 aliphatic carbocycles. The van der Waals surface area contributed by atoms with E-state index in [1.165, 1.54) is 0 Å². The summed E-state index contributed by atoms with van der Waals surface area (Å²) < 4.78 is 16.9. The fourth-order valence-corrected chi connectivity index (χ4v) is 3.78. The topological polar surface area (TPSA) is 85.4 Å². The van der Waals surface area contributed by atoms with Crippen LogP contribution >= 0.6 is 0 Å². The molecule has 2 fully saturated rings. The van der Waals surface area contributed by atoms with E-state index in [1.54, 1.807) is 19.9 Å². The Kier molecular flexibility index (Phi) is 4.84. The molecule has 0 unspecified atom stereocenters. The Morgan fingerprint density at radius 2 is 2.19 bits per heavy atom. The summed E-state index contributed by atoms with van der Waals surface area (Å²) in [7, 11) is 0. The summed E-state index contributed by atoms with van der Waals surface area (Å²) in [6, 6.07) is 0. The molecular weight excluding hydrogens is 336 g/mol. The molecule has 3 rings (SSSR count). The van der Waals surface area contributed by atoms with Gasteiger partial charge in [0, 0.05) is 11.1 Å². The molecule has 0 aromatic heterocycles. The Balaban J connectivity index is 1.96. The van der Waals surface area contributed by atoms with E-state index in [0.29, 0.717) is 12.0 Å². The third kappa shape index (κ3) is 3.12. The van der Waals surface area contributed by atoms with E-state index in [0.717, 1.165) is 12.0 Å². The highest BCUT2D eigenvalue weighted by Gasteiger charge is 2.63.